The van der Waals surface area contributed by atoms with E-state index in [9.17, 15) is 4.79 Å². The second-order valence-electron chi connectivity index (χ2n) is 4.68. The molecule has 0 amide bonds. The van der Waals surface area contributed by atoms with E-state index in [0.29, 0.717) is 16.1 Å². The standard InChI is InChI=1S/C16H11BrClNO/c1-9-6-10(17)2-4-12(9)16(20)14-8-19-15-5-3-11(18)7-13(14)15/h2-8,19H,1H3. The van der Waals surface area contributed by atoms with Gasteiger partial charge in [-0.05, 0) is 48.9 Å². The second kappa shape index (κ2) is 5.08. The molecular weight excluding hydrogens is 338 g/mol. The van der Waals surface area contributed by atoms with Gasteiger partial charge in [0.1, 0.15) is 0 Å². The topological polar surface area (TPSA) is 32.9 Å². The normalized spacial score (nSPS) is 10.9. The van der Waals surface area contributed by atoms with Crippen LogP contribution >= 0.6 is 27.5 Å². The summed E-state index contributed by atoms with van der Waals surface area (Å²) in [5, 5.41) is 1.48. The van der Waals surface area contributed by atoms with Gasteiger partial charge in [0.15, 0.2) is 5.78 Å². The molecule has 0 aliphatic rings. The fraction of sp³-hybridized carbons (Fsp3) is 0.0625. The molecule has 0 radical (unpaired) electrons. The lowest BCUT2D eigenvalue weighted by Crippen LogP contribution is -2.02. The highest BCUT2D eigenvalue weighted by Gasteiger charge is 2.16. The molecule has 0 aliphatic heterocycles. The van der Waals surface area contributed by atoms with Crippen molar-refractivity contribution in [3.8, 4) is 0 Å². The molecule has 0 spiro atoms. The fourth-order valence-corrected chi connectivity index (χ4v) is 2.96. The first kappa shape index (κ1) is 13.4. The van der Waals surface area contributed by atoms with Crippen LogP contribution in [0.1, 0.15) is 21.5 Å². The van der Waals surface area contributed by atoms with Crippen LogP contribution in [0.3, 0.4) is 0 Å². The van der Waals surface area contributed by atoms with Gasteiger partial charge in [-0.3, -0.25) is 4.79 Å². The number of fused-ring (bicyclic) bond motifs is 1. The van der Waals surface area contributed by atoms with Crippen LogP contribution in [0.4, 0.5) is 0 Å². The van der Waals surface area contributed by atoms with E-state index in [1.165, 1.54) is 0 Å². The van der Waals surface area contributed by atoms with Crippen LogP contribution in [0.2, 0.25) is 5.02 Å². The molecule has 0 atom stereocenters. The van der Waals surface area contributed by atoms with Gasteiger partial charge in [-0.25, -0.2) is 0 Å². The van der Waals surface area contributed by atoms with Crippen LogP contribution in [0, 0.1) is 6.92 Å². The third-order valence-electron chi connectivity index (χ3n) is 3.32. The molecule has 0 bridgehead atoms. The van der Waals surface area contributed by atoms with E-state index in [0.717, 1.165) is 20.9 Å². The lowest BCUT2D eigenvalue weighted by Gasteiger charge is -2.05. The van der Waals surface area contributed by atoms with E-state index >= 15 is 0 Å². The van der Waals surface area contributed by atoms with Gasteiger partial charge < -0.3 is 4.98 Å². The van der Waals surface area contributed by atoms with E-state index < -0.39 is 0 Å². The summed E-state index contributed by atoms with van der Waals surface area (Å²) in [4.78, 5) is 15.8. The summed E-state index contributed by atoms with van der Waals surface area (Å²) in [5.74, 6) is 0.00326. The van der Waals surface area contributed by atoms with Gasteiger partial charge in [0.05, 0.1) is 0 Å². The minimum Gasteiger partial charge on any atom is -0.360 e. The highest BCUT2D eigenvalue weighted by Crippen LogP contribution is 2.26. The average molecular weight is 349 g/mol. The van der Waals surface area contributed by atoms with Crippen LogP contribution in [-0.2, 0) is 0 Å². The van der Waals surface area contributed by atoms with Gasteiger partial charge in [0.25, 0.3) is 0 Å². The van der Waals surface area contributed by atoms with E-state index in [-0.39, 0.29) is 5.78 Å². The van der Waals surface area contributed by atoms with Crippen LogP contribution < -0.4 is 0 Å². The summed E-state index contributed by atoms with van der Waals surface area (Å²) in [6.07, 6.45) is 1.74. The Balaban J connectivity index is 2.15. The first-order valence-electron chi connectivity index (χ1n) is 6.14. The molecule has 3 rings (SSSR count). The third-order valence-corrected chi connectivity index (χ3v) is 4.05. The van der Waals surface area contributed by atoms with Crippen molar-refractivity contribution in [3.63, 3.8) is 0 Å². The molecular formula is C16H11BrClNO. The molecule has 2 nitrogen and oxygen atoms in total. The molecule has 20 heavy (non-hydrogen) atoms. The first-order chi connectivity index (χ1) is 9.56. The first-order valence-corrected chi connectivity index (χ1v) is 7.31. The van der Waals surface area contributed by atoms with E-state index in [1.54, 1.807) is 12.3 Å². The minimum atomic E-state index is 0.00326. The largest absolute Gasteiger partial charge is 0.360 e. The monoisotopic (exact) mass is 347 g/mol. The maximum Gasteiger partial charge on any atom is 0.195 e. The predicted molar refractivity (Wildman–Crippen MR) is 85.6 cm³/mol. The summed E-state index contributed by atoms with van der Waals surface area (Å²) in [7, 11) is 0. The van der Waals surface area contributed by atoms with E-state index in [4.69, 9.17) is 11.6 Å². The molecule has 1 N–H and O–H groups in total. The summed E-state index contributed by atoms with van der Waals surface area (Å²) in [6, 6.07) is 11.2. The molecule has 0 saturated carbocycles. The number of H-pyrrole nitrogens is 1. The van der Waals surface area contributed by atoms with Crippen LogP contribution in [-0.4, -0.2) is 10.8 Å². The molecule has 3 aromatic rings. The minimum absolute atomic E-state index is 0.00326. The van der Waals surface area contributed by atoms with Crippen molar-refractivity contribution < 1.29 is 4.79 Å². The van der Waals surface area contributed by atoms with Crippen LogP contribution in [0.25, 0.3) is 10.9 Å². The van der Waals surface area contributed by atoms with Crippen molar-refractivity contribution in [2.75, 3.05) is 0 Å². The summed E-state index contributed by atoms with van der Waals surface area (Å²) in [6.45, 7) is 1.93. The number of carbonyl (C=O) groups is 1. The Morgan fingerprint density at radius 1 is 1.15 bits per heavy atom. The SMILES string of the molecule is Cc1cc(Br)ccc1C(=O)c1c[nH]c2ccc(Cl)cc12. The van der Waals surface area contributed by atoms with E-state index in [1.807, 2.05) is 37.3 Å². The lowest BCUT2D eigenvalue weighted by molar-refractivity contribution is 0.104. The van der Waals surface area contributed by atoms with Gasteiger partial charge in [-0.1, -0.05) is 27.5 Å². The molecule has 0 aliphatic carbocycles. The molecule has 0 fully saturated rings. The number of hydrogen-bond acceptors (Lipinski definition) is 1. The molecule has 4 heteroatoms. The number of halogens is 2. The van der Waals surface area contributed by atoms with Crippen LogP contribution in [0.15, 0.2) is 47.1 Å². The van der Waals surface area contributed by atoms with Gasteiger partial charge in [0, 0.05) is 37.7 Å². The smallest absolute Gasteiger partial charge is 0.195 e. The molecule has 0 saturated heterocycles. The lowest BCUT2D eigenvalue weighted by atomic mass is 9.99. The van der Waals surface area contributed by atoms with Crippen molar-refractivity contribution >= 4 is 44.2 Å². The maximum atomic E-state index is 12.7. The average Bonchev–Trinajstić information content (AvgIpc) is 2.81. The number of benzene rings is 2. The molecule has 1 aromatic heterocycles. The van der Waals surface area contributed by atoms with Gasteiger partial charge >= 0.3 is 0 Å². The number of aromatic amines is 1. The Labute approximate surface area is 129 Å². The Hall–Kier alpha value is -1.58. The number of carbonyl (C=O) groups excluding carboxylic acids is 1. The van der Waals surface area contributed by atoms with Crippen molar-refractivity contribution in [2.45, 2.75) is 6.92 Å². The highest BCUT2D eigenvalue weighted by molar-refractivity contribution is 9.10. The highest BCUT2D eigenvalue weighted by atomic mass is 79.9. The Bertz CT molecular complexity index is 822. The number of rotatable bonds is 2. The molecule has 100 valence electrons. The predicted octanol–water partition coefficient (Wildman–Crippen LogP) is 5.12. The van der Waals surface area contributed by atoms with Gasteiger partial charge in [0.2, 0.25) is 0 Å². The second-order valence-corrected chi connectivity index (χ2v) is 6.03. The van der Waals surface area contributed by atoms with Crippen LogP contribution in [0.5, 0.6) is 0 Å². The Kier molecular flexibility index (Phi) is 3.40. The fourth-order valence-electron chi connectivity index (χ4n) is 2.31. The van der Waals surface area contributed by atoms with Crippen molar-refractivity contribution in [3.05, 3.63) is 68.8 Å². The Morgan fingerprint density at radius 3 is 2.70 bits per heavy atom. The zero-order valence-electron chi connectivity index (χ0n) is 10.7. The van der Waals surface area contributed by atoms with Gasteiger partial charge in [-0.2, -0.15) is 0 Å². The summed E-state index contributed by atoms with van der Waals surface area (Å²) < 4.78 is 0.966. The number of hydrogen-bond donors (Lipinski definition) is 1. The van der Waals surface area contributed by atoms with Crippen molar-refractivity contribution in [2.24, 2.45) is 0 Å². The Morgan fingerprint density at radius 2 is 1.95 bits per heavy atom. The molecule has 2 aromatic carbocycles. The number of aromatic nitrogens is 1. The molecule has 1 heterocycles. The van der Waals surface area contributed by atoms with Crippen molar-refractivity contribution in [1.82, 2.24) is 4.98 Å². The summed E-state index contributed by atoms with van der Waals surface area (Å²) >= 11 is 9.43. The van der Waals surface area contributed by atoms with E-state index in [2.05, 4.69) is 20.9 Å². The van der Waals surface area contributed by atoms with Gasteiger partial charge in [-0.15, -0.1) is 0 Å². The van der Waals surface area contributed by atoms with Crippen molar-refractivity contribution in [1.29, 1.82) is 0 Å². The number of nitrogens with one attached hydrogen (secondary N) is 1. The quantitative estimate of drug-likeness (QED) is 0.640. The maximum absolute atomic E-state index is 12.7. The molecule has 0 unspecified atom stereocenters. The zero-order chi connectivity index (χ0) is 14.3. The zero-order valence-corrected chi connectivity index (χ0v) is 13.0. The summed E-state index contributed by atoms with van der Waals surface area (Å²) in [5.41, 5.74) is 3.20. The third kappa shape index (κ3) is 2.28. The number of ketones is 1. The number of aryl methyl sites for hydroxylation is 1.